The zero-order valence-electron chi connectivity index (χ0n) is 8.64. The van der Waals surface area contributed by atoms with E-state index in [-0.39, 0.29) is 10.9 Å². The molecular weight excluding hydrogens is 329 g/mol. The third-order valence-electron chi connectivity index (χ3n) is 1.96. The van der Waals surface area contributed by atoms with Gasteiger partial charge >= 0.3 is 6.36 Å². The molecule has 0 aliphatic heterocycles. The van der Waals surface area contributed by atoms with Crippen molar-refractivity contribution in [2.24, 2.45) is 0 Å². The number of alkyl halides is 6. The van der Waals surface area contributed by atoms with Crippen LogP contribution in [0.3, 0.4) is 0 Å². The molecule has 1 N–H and O–H groups in total. The highest BCUT2D eigenvalue weighted by atomic mass is 79.9. The topological polar surface area (TPSA) is 42.4 Å². The molecule has 0 unspecified atom stereocenters. The molecule has 0 aliphatic carbocycles. The van der Waals surface area contributed by atoms with E-state index >= 15 is 0 Å². The minimum atomic E-state index is -5.04. The van der Waals surface area contributed by atoms with Crippen LogP contribution in [0.4, 0.5) is 22.0 Å². The molecular formula is C9H7BrF5NO2. The lowest BCUT2D eigenvalue weighted by Gasteiger charge is -2.17. The van der Waals surface area contributed by atoms with Crippen molar-refractivity contribution < 1.29 is 31.8 Å². The van der Waals surface area contributed by atoms with Gasteiger partial charge in [-0.2, -0.15) is 0 Å². The highest BCUT2D eigenvalue weighted by Gasteiger charge is 2.34. The van der Waals surface area contributed by atoms with Crippen LogP contribution in [0.15, 0.2) is 6.20 Å². The van der Waals surface area contributed by atoms with E-state index in [1.165, 1.54) is 0 Å². The van der Waals surface area contributed by atoms with Crippen molar-refractivity contribution in [1.29, 1.82) is 0 Å². The predicted molar refractivity (Wildman–Crippen MR) is 54.4 cm³/mol. The standard InChI is InChI=1S/C9H7BrF5NO2/c10-1-5-6(8(11)12)16-2-4(3-17)7(5)18-9(13,14)15/h2,8,17H,1,3H2. The summed E-state index contributed by atoms with van der Waals surface area (Å²) in [5.41, 5.74) is -1.57. The number of hydrogen-bond donors (Lipinski definition) is 1. The van der Waals surface area contributed by atoms with E-state index < -0.39 is 36.4 Å². The maximum atomic E-state index is 12.6. The fourth-order valence-electron chi connectivity index (χ4n) is 1.27. The Morgan fingerprint density at radius 2 is 2.00 bits per heavy atom. The Labute approximate surface area is 107 Å². The molecule has 0 saturated heterocycles. The van der Waals surface area contributed by atoms with Gasteiger partial charge in [0.25, 0.3) is 6.43 Å². The molecule has 0 amide bonds. The summed E-state index contributed by atoms with van der Waals surface area (Å²) in [6.07, 6.45) is -7.35. The molecule has 0 atom stereocenters. The number of aromatic nitrogens is 1. The number of hydrogen-bond acceptors (Lipinski definition) is 3. The minimum Gasteiger partial charge on any atom is -0.405 e. The van der Waals surface area contributed by atoms with Gasteiger partial charge in [0, 0.05) is 22.7 Å². The number of halogens is 6. The van der Waals surface area contributed by atoms with Gasteiger partial charge in [0.05, 0.1) is 6.61 Å². The molecule has 1 rings (SSSR count). The lowest BCUT2D eigenvalue weighted by molar-refractivity contribution is -0.275. The van der Waals surface area contributed by atoms with Gasteiger partial charge in [-0.3, -0.25) is 4.98 Å². The second-order valence-electron chi connectivity index (χ2n) is 3.12. The molecule has 18 heavy (non-hydrogen) atoms. The highest BCUT2D eigenvalue weighted by molar-refractivity contribution is 9.08. The lowest BCUT2D eigenvalue weighted by atomic mass is 10.1. The van der Waals surface area contributed by atoms with Crippen LogP contribution in [0.25, 0.3) is 0 Å². The molecule has 9 heteroatoms. The number of pyridine rings is 1. The van der Waals surface area contributed by atoms with Crippen LogP contribution in [0.5, 0.6) is 5.75 Å². The van der Waals surface area contributed by atoms with Crippen molar-refractivity contribution in [2.75, 3.05) is 0 Å². The number of nitrogens with zero attached hydrogens (tertiary/aromatic N) is 1. The van der Waals surface area contributed by atoms with Gasteiger partial charge in [0.15, 0.2) is 0 Å². The van der Waals surface area contributed by atoms with Crippen molar-refractivity contribution in [3.8, 4) is 5.75 Å². The quantitative estimate of drug-likeness (QED) is 0.678. The Hall–Kier alpha value is -0.960. The molecule has 0 radical (unpaired) electrons. The predicted octanol–water partition coefficient (Wildman–Crippen LogP) is 3.31. The molecule has 0 aromatic carbocycles. The number of aliphatic hydroxyl groups is 1. The molecule has 0 saturated carbocycles. The molecule has 0 bridgehead atoms. The average molecular weight is 336 g/mol. The first-order valence-corrected chi connectivity index (χ1v) is 5.63. The Bertz CT molecular complexity index is 424. The minimum absolute atomic E-state index is 0.307. The first-order chi connectivity index (χ1) is 8.30. The van der Waals surface area contributed by atoms with Crippen molar-refractivity contribution in [3.63, 3.8) is 0 Å². The third kappa shape index (κ3) is 3.52. The Balaban J connectivity index is 3.37. The van der Waals surface area contributed by atoms with E-state index in [0.717, 1.165) is 6.20 Å². The normalized spacial score (nSPS) is 12.0. The molecule has 1 aromatic rings. The summed E-state index contributed by atoms with van der Waals surface area (Å²) in [7, 11) is 0. The molecule has 0 aliphatic rings. The molecule has 1 aromatic heterocycles. The largest absolute Gasteiger partial charge is 0.573 e. The van der Waals surface area contributed by atoms with Crippen LogP contribution in [0.1, 0.15) is 23.2 Å². The maximum Gasteiger partial charge on any atom is 0.573 e. The van der Waals surface area contributed by atoms with Gasteiger partial charge < -0.3 is 9.84 Å². The summed E-state index contributed by atoms with van der Waals surface area (Å²) in [6.45, 7) is -0.804. The summed E-state index contributed by atoms with van der Waals surface area (Å²) in [5, 5.41) is 8.57. The van der Waals surface area contributed by atoms with Gasteiger partial charge in [-0.1, -0.05) is 15.9 Å². The van der Waals surface area contributed by atoms with Crippen molar-refractivity contribution >= 4 is 15.9 Å². The van der Waals surface area contributed by atoms with Crippen molar-refractivity contribution in [2.45, 2.75) is 24.7 Å². The Morgan fingerprint density at radius 1 is 1.39 bits per heavy atom. The summed E-state index contributed by atoms with van der Waals surface area (Å²) in [4.78, 5) is 3.32. The molecule has 0 fully saturated rings. The van der Waals surface area contributed by atoms with Crippen molar-refractivity contribution in [3.05, 3.63) is 23.0 Å². The first kappa shape index (κ1) is 15.1. The van der Waals surface area contributed by atoms with E-state index in [9.17, 15) is 22.0 Å². The van der Waals surface area contributed by atoms with Crippen LogP contribution in [-0.4, -0.2) is 16.5 Å². The summed E-state index contributed by atoms with van der Waals surface area (Å²) >= 11 is 2.80. The lowest BCUT2D eigenvalue weighted by Crippen LogP contribution is -2.20. The zero-order chi connectivity index (χ0) is 13.9. The highest BCUT2D eigenvalue weighted by Crippen LogP contribution is 2.36. The van der Waals surface area contributed by atoms with Gasteiger partial charge in [0.2, 0.25) is 0 Å². The second kappa shape index (κ2) is 5.79. The summed E-state index contributed by atoms with van der Waals surface area (Å²) in [6, 6.07) is 0. The van der Waals surface area contributed by atoms with Crippen molar-refractivity contribution in [1.82, 2.24) is 4.98 Å². The van der Waals surface area contributed by atoms with Gasteiger partial charge in [-0.15, -0.1) is 13.2 Å². The van der Waals surface area contributed by atoms with E-state index in [0.29, 0.717) is 0 Å². The third-order valence-corrected chi connectivity index (χ3v) is 2.52. The number of ether oxygens (including phenoxy) is 1. The van der Waals surface area contributed by atoms with E-state index in [1.807, 2.05) is 0 Å². The van der Waals surface area contributed by atoms with Gasteiger partial charge in [0.1, 0.15) is 11.4 Å². The molecule has 1 heterocycles. The second-order valence-corrected chi connectivity index (χ2v) is 3.68. The van der Waals surface area contributed by atoms with E-state index in [1.54, 1.807) is 0 Å². The SMILES string of the molecule is OCc1cnc(C(F)F)c(CBr)c1OC(F)(F)F. The van der Waals surface area contributed by atoms with Crippen LogP contribution >= 0.6 is 15.9 Å². The summed E-state index contributed by atoms with van der Waals surface area (Å²) in [5.74, 6) is -0.841. The van der Waals surface area contributed by atoms with Crippen LogP contribution in [0, 0.1) is 0 Å². The first-order valence-electron chi connectivity index (χ1n) is 4.51. The number of rotatable bonds is 4. The van der Waals surface area contributed by atoms with Crippen LogP contribution in [0.2, 0.25) is 0 Å². The Kier molecular flexibility index (Phi) is 4.85. The maximum absolute atomic E-state index is 12.6. The molecule has 0 spiro atoms. The summed E-state index contributed by atoms with van der Waals surface area (Å²) < 4.78 is 65.4. The average Bonchev–Trinajstić information content (AvgIpc) is 2.26. The smallest absolute Gasteiger partial charge is 0.405 e. The van der Waals surface area contributed by atoms with E-state index in [4.69, 9.17) is 5.11 Å². The van der Waals surface area contributed by atoms with E-state index in [2.05, 4.69) is 25.7 Å². The molecule has 3 nitrogen and oxygen atoms in total. The van der Waals surface area contributed by atoms with Crippen LogP contribution in [-0.2, 0) is 11.9 Å². The monoisotopic (exact) mass is 335 g/mol. The number of aliphatic hydroxyl groups excluding tert-OH is 1. The Morgan fingerprint density at radius 3 is 2.39 bits per heavy atom. The fourth-order valence-corrected chi connectivity index (χ4v) is 1.81. The fraction of sp³-hybridized carbons (Fsp3) is 0.444. The van der Waals surface area contributed by atoms with Gasteiger partial charge in [-0.05, 0) is 0 Å². The zero-order valence-corrected chi connectivity index (χ0v) is 10.2. The van der Waals surface area contributed by atoms with Crippen LogP contribution < -0.4 is 4.74 Å². The van der Waals surface area contributed by atoms with Gasteiger partial charge in [-0.25, -0.2) is 8.78 Å². The molecule has 102 valence electrons.